The Kier molecular flexibility index (Phi) is 6.65. The summed E-state index contributed by atoms with van der Waals surface area (Å²) in [7, 11) is 0. The highest BCUT2D eigenvalue weighted by Gasteiger charge is 2.42. The number of benzene rings is 2. The van der Waals surface area contributed by atoms with Crippen molar-refractivity contribution in [1.82, 2.24) is 0 Å². The number of aliphatic carboxylic acids is 1. The first-order valence-electron chi connectivity index (χ1n) is 10.8. The van der Waals surface area contributed by atoms with Crippen LogP contribution in [0.4, 0.5) is 0 Å². The van der Waals surface area contributed by atoms with Crippen LogP contribution in [0.3, 0.4) is 0 Å². The van der Waals surface area contributed by atoms with Gasteiger partial charge in [-0.15, -0.1) is 11.8 Å². The van der Waals surface area contributed by atoms with Gasteiger partial charge in [0.05, 0.1) is 18.6 Å². The van der Waals surface area contributed by atoms with Crippen molar-refractivity contribution in [1.29, 1.82) is 0 Å². The molecular formula is C26H28O4S. The standard InChI is InChI=1S/C26H28O4S/c27-19(16-20(28)17-24(29)30)12-13-22-25(18-8-2-1-3-9-18)21-10-4-5-11-23(21)31-26(22)14-6-7-15-26/h1-5,8-13,19-20,27-28H,6-7,14-17H2,(H,29,30)/b13-12+/t19-,20-/m1/s1. The number of carbonyl (C=O) groups is 1. The van der Waals surface area contributed by atoms with Gasteiger partial charge in [-0.05, 0) is 41.2 Å². The summed E-state index contributed by atoms with van der Waals surface area (Å²) < 4.78 is -0.0323. The van der Waals surface area contributed by atoms with E-state index in [0.717, 1.165) is 18.4 Å². The van der Waals surface area contributed by atoms with E-state index in [-0.39, 0.29) is 17.6 Å². The molecule has 2 aromatic rings. The van der Waals surface area contributed by atoms with Crippen molar-refractivity contribution < 1.29 is 20.1 Å². The number of carboxylic acid groups (broad SMARTS) is 1. The van der Waals surface area contributed by atoms with Crippen LogP contribution >= 0.6 is 11.8 Å². The fourth-order valence-corrected chi connectivity index (χ4v) is 6.34. The van der Waals surface area contributed by atoms with Crippen molar-refractivity contribution >= 4 is 23.3 Å². The fourth-order valence-electron chi connectivity index (χ4n) is 4.72. The van der Waals surface area contributed by atoms with Gasteiger partial charge < -0.3 is 15.3 Å². The Morgan fingerprint density at radius 3 is 2.42 bits per heavy atom. The lowest BCUT2D eigenvalue weighted by Crippen LogP contribution is -2.27. The van der Waals surface area contributed by atoms with Crippen LogP contribution < -0.4 is 0 Å². The van der Waals surface area contributed by atoms with E-state index in [4.69, 9.17) is 5.11 Å². The molecular weight excluding hydrogens is 408 g/mol. The number of aliphatic hydroxyl groups excluding tert-OH is 2. The molecule has 31 heavy (non-hydrogen) atoms. The molecule has 0 bridgehead atoms. The minimum atomic E-state index is -1.07. The first-order chi connectivity index (χ1) is 15.0. The average Bonchev–Trinajstić information content (AvgIpc) is 3.20. The summed E-state index contributed by atoms with van der Waals surface area (Å²) >= 11 is 1.93. The molecule has 4 rings (SSSR count). The molecule has 0 radical (unpaired) electrons. The summed E-state index contributed by atoms with van der Waals surface area (Å²) in [4.78, 5) is 12.1. The van der Waals surface area contributed by atoms with E-state index in [1.54, 1.807) is 6.08 Å². The van der Waals surface area contributed by atoms with Gasteiger partial charge in [0.25, 0.3) is 0 Å². The predicted molar refractivity (Wildman–Crippen MR) is 124 cm³/mol. The molecule has 1 aliphatic heterocycles. The molecule has 5 heteroatoms. The van der Waals surface area contributed by atoms with Crippen molar-refractivity contribution in [2.45, 2.75) is 60.4 Å². The second-order valence-electron chi connectivity index (χ2n) is 8.37. The smallest absolute Gasteiger partial charge is 0.305 e. The van der Waals surface area contributed by atoms with Gasteiger partial charge in [-0.3, -0.25) is 4.79 Å². The third kappa shape index (κ3) is 4.79. The van der Waals surface area contributed by atoms with Crippen molar-refractivity contribution in [2.75, 3.05) is 0 Å². The van der Waals surface area contributed by atoms with Crippen LogP contribution in [0, 0.1) is 0 Å². The number of hydrogen-bond acceptors (Lipinski definition) is 4. The Labute approximate surface area is 187 Å². The molecule has 1 fully saturated rings. The van der Waals surface area contributed by atoms with Gasteiger partial charge in [0.1, 0.15) is 0 Å². The number of rotatable bonds is 7. The zero-order valence-corrected chi connectivity index (χ0v) is 18.2. The lowest BCUT2D eigenvalue weighted by molar-refractivity contribution is -0.139. The molecule has 4 nitrogen and oxygen atoms in total. The average molecular weight is 437 g/mol. The molecule has 1 saturated carbocycles. The second-order valence-corrected chi connectivity index (χ2v) is 9.79. The Balaban J connectivity index is 1.77. The number of allylic oxidation sites excluding steroid dienone is 1. The molecule has 3 N–H and O–H groups in total. The molecule has 0 saturated heterocycles. The minimum absolute atomic E-state index is 0.00742. The van der Waals surface area contributed by atoms with E-state index >= 15 is 0 Å². The molecule has 0 unspecified atom stereocenters. The third-order valence-corrected chi connectivity index (χ3v) is 7.70. The van der Waals surface area contributed by atoms with Crippen LogP contribution in [0.1, 0.15) is 49.7 Å². The molecule has 2 aromatic carbocycles. The summed E-state index contributed by atoms with van der Waals surface area (Å²) in [5.74, 6) is -1.07. The third-order valence-electron chi connectivity index (χ3n) is 6.10. The first-order valence-corrected chi connectivity index (χ1v) is 11.6. The normalized spacial score (nSPS) is 19.5. The van der Waals surface area contributed by atoms with E-state index in [1.807, 2.05) is 36.0 Å². The Morgan fingerprint density at radius 1 is 1.03 bits per heavy atom. The summed E-state index contributed by atoms with van der Waals surface area (Å²) in [6.07, 6.45) is 5.93. The second kappa shape index (κ2) is 9.43. The van der Waals surface area contributed by atoms with Gasteiger partial charge in [0.2, 0.25) is 0 Å². The van der Waals surface area contributed by atoms with Crippen LogP contribution in [0.5, 0.6) is 0 Å². The molecule has 162 valence electrons. The molecule has 1 aliphatic carbocycles. The van der Waals surface area contributed by atoms with Crippen LogP contribution in [0.15, 0.2) is 77.2 Å². The minimum Gasteiger partial charge on any atom is -0.481 e. The SMILES string of the molecule is O=C(O)C[C@H](O)C[C@H](O)/C=C/C1=C(c2ccccc2)c2ccccc2SC12CCCC2. The maximum atomic E-state index is 10.8. The van der Waals surface area contributed by atoms with Crippen LogP contribution in [-0.2, 0) is 4.79 Å². The van der Waals surface area contributed by atoms with Crippen molar-refractivity contribution in [2.24, 2.45) is 0 Å². The van der Waals surface area contributed by atoms with E-state index in [1.165, 1.54) is 34.4 Å². The predicted octanol–water partition coefficient (Wildman–Crippen LogP) is 5.05. The first kappa shape index (κ1) is 21.9. The maximum Gasteiger partial charge on any atom is 0.305 e. The summed E-state index contributed by atoms with van der Waals surface area (Å²) in [5.41, 5.74) is 4.77. The lowest BCUT2D eigenvalue weighted by Gasteiger charge is -2.38. The summed E-state index contributed by atoms with van der Waals surface area (Å²) in [6.45, 7) is 0. The molecule has 2 aliphatic rings. The molecule has 2 atom stereocenters. The van der Waals surface area contributed by atoms with E-state index in [0.29, 0.717) is 0 Å². The van der Waals surface area contributed by atoms with Gasteiger partial charge in [-0.25, -0.2) is 0 Å². The quantitative estimate of drug-likeness (QED) is 0.566. The number of aliphatic hydroxyl groups is 2. The van der Waals surface area contributed by atoms with E-state index in [9.17, 15) is 15.0 Å². The van der Waals surface area contributed by atoms with Crippen molar-refractivity contribution in [3.05, 3.63) is 83.4 Å². The molecule has 0 amide bonds. The van der Waals surface area contributed by atoms with Crippen LogP contribution in [0.25, 0.3) is 5.57 Å². The lowest BCUT2D eigenvalue weighted by atomic mass is 9.83. The number of hydrogen-bond donors (Lipinski definition) is 3. The summed E-state index contributed by atoms with van der Waals surface area (Å²) in [6, 6.07) is 18.9. The monoisotopic (exact) mass is 436 g/mol. The fraction of sp³-hybridized carbons (Fsp3) is 0.346. The number of thioether (sulfide) groups is 1. The van der Waals surface area contributed by atoms with Crippen LogP contribution in [-0.4, -0.2) is 38.2 Å². The topological polar surface area (TPSA) is 77.8 Å². The van der Waals surface area contributed by atoms with Gasteiger partial charge >= 0.3 is 5.97 Å². The largest absolute Gasteiger partial charge is 0.481 e. The van der Waals surface area contributed by atoms with Gasteiger partial charge in [0.15, 0.2) is 0 Å². The zero-order valence-electron chi connectivity index (χ0n) is 17.4. The molecule has 1 heterocycles. The zero-order chi connectivity index (χ0) is 21.8. The summed E-state index contributed by atoms with van der Waals surface area (Å²) in [5, 5.41) is 29.2. The Hall–Kier alpha value is -2.34. The maximum absolute atomic E-state index is 10.8. The van der Waals surface area contributed by atoms with Crippen molar-refractivity contribution in [3.8, 4) is 0 Å². The van der Waals surface area contributed by atoms with Crippen molar-refractivity contribution in [3.63, 3.8) is 0 Å². The number of fused-ring (bicyclic) bond motifs is 1. The molecule has 0 aromatic heterocycles. The molecule has 1 spiro atoms. The van der Waals surface area contributed by atoms with Gasteiger partial charge in [-0.2, -0.15) is 0 Å². The Morgan fingerprint density at radius 2 is 1.71 bits per heavy atom. The highest BCUT2D eigenvalue weighted by molar-refractivity contribution is 8.01. The highest BCUT2D eigenvalue weighted by atomic mass is 32.2. The van der Waals surface area contributed by atoms with E-state index in [2.05, 4.69) is 36.4 Å². The van der Waals surface area contributed by atoms with Crippen LogP contribution in [0.2, 0.25) is 0 Å². The number of carboxylic acids is 1. The van der Waals surface area contributed by atoms with Gasteiger partial charge in [-0.1, -0.05) is 73.5 Å². The Bertz CT molecular complexity index is 989. The van der Waals surface area contributed by atoms with Gasteiger partial charge in [0, 0.05) is 16.1 Å². The van der Waals surface area contributed by atoms with E-state index < -0.39 is 18.2 Å². The highest BCUT2D eigenvalue weighted by Crippen LogP contribution is 2.57.